The Kier molecular flexibility index (Phi) is 4.68. The van der Waals surface area contributed by atoms with Crippen molar-refractivity contribution in [1.29, 1.82) is 0 Å². The molecular formula is C16H14N6O2. The summed E-state index contributed by atoms with van der Waals surface area (Å²) >= 11 is 0. The minimum Gasteiger partial charge on any atom is -0.304 e. The standard InChI is InChI=1S/C16H14N6O2/c23-16(21-24)13-5-3-12(4-6-13)11-22(14-2-1-7-19-20-14)15-10-17-8-9-18-15/h1-10,24H,11H2,(H,21,23). The average Bonchev–Trinajstić information content (AvgIpc) is 2.67. The molecule has 2 heterocycles. The molecule has 1 aromatic carbocycles. The molecule has 24 heavy (non-hydrogen) atoms. The molecule has 0 aliphatic heterocycles. The largest absolute Gasteiger partial charge is 0.304 e. The highest BCUT2D eigenvalue weighted by molar-refractivity contribution is 5.93. The third-order valence-corrected chi connectivity index (χ3v) is 3.32. The molecule has 0 aliphatic rings. The van der Waals surface area contributed by atoms with Gasteiger partial charge in [0.2, 0.25) is 0 Å². The summed E-state index contributed by atoms with van der Waals surface area (Å²) < 4.78 is 0. The number of aromatic nitrogens is 4. The molecule has 2 N–H and O–H groups in total. The van der Waals surface area contributed by atoms with E-state index in [9.17, 15) is 4.79 Å². The van der Waals surface area contributed by atoms with Gasteiger partial charge in [-0.2, -0.15) is 5.10 Å². The van der Waals surface area contributed by atoms with E-state index in [1.54, 1.807) is 60.6 Å². The van der Waals surface area contributed by atoms with E-state index in [4.69, 9.17) is 5.21 Å². The molecule has 8 heteroatoms. The summed E-state index contributed by atoms with van der Waals surface area (Å²) in [4.78, 5) is 21.6. The van der Waals surface area contributed by atoms with E-state index in [0.29, 0.717) is 23.7 Å². The number of carbonyl (C=O) groups is 1. The van der Waals surface area contributed by atoms with E-state index in [1.165, 1.54) is 0 Å². The summed E-state index contributed by atoms with van der Waals surface area (Å²) in [5.41, 5.74) is 2.91. The number of nitrogens with one attached hydrogen (secondary N) is 1. The minimum absolute atomic E-state index is 0.367. The van der Waals surface area contributed by atoms with Crippen LogP contribution in [0.5, 0.6) is 0 Å². The van der Waals surface area contributed by atoms with Gasteiger partial charge in [0.25, 0.3) is 5.91 Å². The van der Waals surface area contributed by atoms with E-state index >= 15 is 0 Å². The number of amides is 1. The topological polar surface area (TPSA) is 104 Å². The van der Waals surface area contributed by atoms with Crippen molar-refractivity contribution in [1.82, 2.24) is 25.6 Å². The molecule has 3 aromatic rings. The van der Waals surface area contributed by atoms with Crippen LogP contribution in [-0.2, 0) is 6.54 Å². The van der Waals surface area contributed by atoms with Crippen LogP contribution in [0.1, 0.15) is 15.9 Å². The number of nitrogens with zero attached hydrogens (tertiary/aromatic N) is 5. The second-order valence-electron chi connectivity index (χ2n) is 4.87. The van der Waals surface area contributed by atoms with E-state index < -0.39 is 5.91 Å². The molecule has 2 aromatic heterocycles. The Hall–Kier alpha value is -3.39. The van der Waals surface area contributed by atoms with E-state index in [2.05, 4.69) is 20.2 Å². The molecule has 120 valence electrons. The van der Waals surface area contributed by atoms with Gasteiger partial charge in [0.05, 0.1) is 12.7 Å². The van der Waals surface area contributed by atoms with Gasteiger partial charge in [0.1, 0.15) is 0 Å². The quantitative estimate of drug-likeness (QED) is 0.544. The maximum absolute atomic E-state index is 11.4. The normalized spacial score (nSPS) is 10.2. The fraction of sp³-hybridized carbons (Fsp3) is 0.0625. The Morgan fingerprint density at radius 3 is 2.54 bits per heavy atom. The summed E-state index contributed by atoms with van der Waals surface area (Å²) in [5.74, 6) is 0.714. The molecule has 8 nitrogen and oxygen atoms in total. The number of hydrogen-bond acceptors (Lipinski definition) is 7. The molecular weight excluding hydrogens is 308 g/mol. The van der Waals surface area contributed by atoms with Gasteiger partial charge >= 0.3 is 0 Å². The molecule has 0 unspecified atom stereocenters. The first-order valence-corrected chi connectivity index (χ1v) is 7.12. The van der Waals surface area contributed by atoms with Crippen LogP contribution >= 0.6 is 0 Å². The second kappa shape index (κ2) is 7.25. The molecule has 3 rings (SSSR count). The number of anilines is 2. The fourth-order valence-corrected chi connectivity index (χ4v) is 2.16. The Balaban J connectivity index is 1.89. The highest BCUT2D eigenvalue weighted by Crippen LogP contribution is 2.22. The monoisotopic (exact) mass is 322 g/mol. The molecule has 1 amide bonds. The van der Waals surface area contributed by atoms with Crippen molar-refractivity contribution in [3.8, 4) is 0 Å². The summed E-state index contributed by atoms with van der Waals surface area (Å²) in [5, 5.41) is 16.7. The summed E-state index contributed by atoms with van der Waals surface area (Å²) in [6.07, 6.45) is 6.44. The van der Waals surface area contributed by atoms with Gasteiger partial charge in [-0.15, -0.1) is 5.10 Å². The van der Waals surface area contributed by atoms with Crippen LogP contribution in [0.25, 0.3) is 0 Å². The van der Waals surface area contributed by atoms with Crippen molar-refractivity contribution in [3.05, 3.63) is 72.3 Å². The van der Waals surface area contributed by atoms with Crippen molar-refractivity contribution < 1.29 is 10.0 Å². The molecule has 0 saturated carbocycles. The Morgan fingerprint density at radius 1 is 1.08 bits per heavy atom. The Morgan fingerprint density at radius 2 is 1.92 bits per heavy atom. The van der Waals surface area contributed by atoms with Crippen molar-refractivity contribution in [2.45, 2.75) is 6.54 Å². The molecule has 0 fully saturated rings. The van der Waals surface area contributed by atoms with Crippen LogP contribution < -0.4 is 10.4 Å². The second-order valence-corrected chi connectivity index (χ2v) is 4.87. The number of hydrogen-bond donors (Lipinski definition) is 2. The van der Waals surface area contributed by atoms with Gasteiger partial charge in [0, 0.05) is 24.2 Å². The van der Waals surface area contributed by atoms with Crippen LogP contribution in [0, 0.1) is 0 Å². The molecule has 0 spiro atoms. The number of carbonyl (C=O) groups excluding carboxylic acids is 1. The van der Waals surface area contributed by atoms with Gasteiger partial charge in [-0.1, -0.05) is 12.1 Å². The smallest absolute Gasteiger partial charge is 0.274 e. The lowest BCUT2D eigenvalue weighted by atomic mass is 10.1. The van der Waals surface area contributed by atoms with E-state index in [0.717, 1.165) is 5.56 Å². The van der Waals surface area contributed by atoms with Crippen LogP contribution in [-0.4, -0.2) is 31.3 Å². The SMILES string of the molecule is O=C(NO)c1ccc(CN(c2cnccn2)c2cccnn2)cc1. The molecule has 0 saturated heterocycles. The van der Waals surface area contributed by atoms with Gasteiger partial charge in [0.15, 0.2) is 11.6 Å². The summed E-state index contributed by atoms with van der Waals surface area (Å²) in [6, 6.07) is 10.5. The molecule has 0 radical (unpaired) electrons. The van der Waals surface area contributed by atoms with Gasteiger partial charge in [-0.05, 0) is 29.8 Å². The van der Waals surface area contributed by atoms with Crippen molar-refractivity contribution in [3.63, 3.8) is 0 Å². The summed E-state index contributed by atoms with van der Waals surface area (Å²) in [6.45, 7) is 0.471. The maximum atomic E-state index is 11.4. The number of benzene rings is 1. The Bertz CT molecular complexity index is 756. The van der Waals surface area contributed by atoms with E-state index in [-0.39, 0.29) is 0 Å². The molecule has 0 aliphatic carbocycles. The highest BCUT2D eigenvalue weighted by atomic mass is 16.5. The van der Waals surface area contributed by atoms with Crippen LogP contribution in [0.3, 0.4) is 0 Å². The summed E-state index contributed by atoms with van der Waals surface area (Å²) in [7, 11) is 0. The molecule has 0 atom stereocenters. The van der Waals surface area contributed by atoms with Crippen molar-refractivity contribution in [2.75, 3.05) is 4.90 Å². The lowest BCUT2D eigenvalue weighted by Gasteiger charge is -2.21. The lowest BCUT2D eigenvalue weighted by Crippen LogP contribution is -2.20. The fourth-order valence-electron chi connectivity index (χ4n) is 2.16. The van der Waals surface area contributed by atoms with Gasteiger partial charge < -0.3 is 4.90 Å². The highest BCUT2D eigenvalue weighted by Gasteiger charge is 2.13. The van der Waals surface area contributed by atoms with Gasteiger partial charge in [-0.3, -0.25) is 15.0 Å². The number of hydroxylamine groups is 1. The lowest BCUT2D eigenvalue weighted by molar-refractivity contribution is 0.0706. The van der Waals surface area contributed by atoms with Crippen LogP contribution in [0.15, 0.2) is 61.2 Å². The van der Waals surface area contributed by atoms with Crippen LogP contribution in [0.4, 0.5) is 11.6 Å². The average molecular weight is 322 g/mol. The number of rotatable bonds is 5. The minimum atomic E-state index is -0.554. The first kappa shape index (κ1) is 15.5. The van der Waals surface area contributed by atoms with Gasteiger partial charge in [-0.25, -0.2) is 10.5 Å². The zero-order chi connectivity index (χ0) is 16.8. The third kappa shape index (κ3) is 3.50. The van der Waals surface area contributed by atoms with Crippen molar-refractivity contribution in [2.24, 2.45) is 0 Å². The predicted molar refractivity (Wildman–Crippen MR) is 85.6 cm³/mol. The van der Waals surface area contributed by atoms with E-state index in [1.807, 2.05) is 11.0 Å². The zero-order valence-electron chi connectivity index (χ0n) is 12.6. The Labute approximate surface area is 137 Å². The molecule has 0 bridgehead atoms. The third-order valence-electron chi connectivity index (χ3n) is 3.32. The first-order chi connectivity index (χ1) is 11.8. The first-order valence-electron chi connectivity index (χ1n) is 7.12. The van der Waals surface area contributed by atoms with Crippen LogP contribution in [0.2, 0.25) is 0 Å². The maximum Gasteiger partial charge on any atom is 0.274 e. The zero-order valence-corrected chi connectivity index (χ0v) is 12.6. The predicted octanol–water partition coefficient (Wildman–Crippen LogP) is 1.72. The van der Waals surface area contributed by atoms with Crippen molar-refractivity contribution >= 4 is 17.5 Å².